The molecule has 98 valence electrons. The monoisotopic (exact) mass is 239 g/mol. The van der Waals surface area contributed by atoms with Gasteiger partial charge in [0.2, 0.25) is 0 Å². The van der Waals surface area contributed by atoms with Gasteiger partial charge < -0.3 is 5.11 Å². The minimum atomic E-state index is -0.615. The molecule has 0 aromatic heterocycles. The van der Waals surface area contributed by atoms with Crippen molar-refractivity contribution in [3.63, 3.8) is 0 Å². The lowest BCUT2D eigenvalue weighted by Gasteiger charge is -2.42. The Morgan fingerprint density at radius 1 is 1.35 bits per heavy atom. The summed E-state index contributed by atoms with van der Waals surface area (Å²) in [5.74, 6) is 0.0265. The first-order valence-electron chi connectivity index (χ1n) is 6.84. The Labute approximate surface area is 104 Å². The van der Waals surface area contributed by atoms with Crippen LogP contribution in [0.5, 0.6) is 0 Å². The van der Waals surface area contributed by atoms with Gasteiger partial charge >= 0.3 is 5.97 Å². The van der Waals surface area contributed by atoms with Crippen molar-refractivity contribution in [2.75, 3.05) is 13.1 Å². The molecule has 0 spiro atoms. The lowest BCUT2D eigenvalue weighted by atomic mass is 9.70. The van der Waals surface area contributed by atoms with Crippen LogP contribution < -0.4 is 0 Å². The minimum Gasteiger partial charge on any atom is -0.481 e. The Bertz CT molecular complexity index is 301. The van der Waals surface area contributed by atoms with Crippen molar-refractivity contribution in [2.45, 2.75) is 52.5 Å². The smallest absolute Gasteiger partial charge is 0.307 e. The minimum absolute atomic E-state index is 0.129. The van der Waals surface area contributed by atoms with Crippen molar-refractivity contribution in [3.05, 3.63) is 0 Å². The van der Waals surface area contributed by atoms with Crippen LogP contribution in [0.15, 0.2) is 0 Å². The van der Waals surface area contributed by atoms with Crippen molar-refractivity contribution in [3.8, 4) is 0 Å². The third-order valence-electron chi connectivity index (χ3n) is 4.45. The van der Waals surface area contributed by atoms with Crippen molar-refractivity contribution < 1.29 is 9.90 Å². The number of nitrogens with zero attached hydrogens (tertiary/aromatic N) is 1. The molecule has 0 bridgehead atoms. The van der Waals surface area contributed by atoms with Gasteiger partial charge in [-0.3, -0.25) is 9.69 Å². The zero-order valence-electron chi connectivity index (χ0n) is 11.3. The molecule has 17 heavy (non-hydrogen) atoms. The maximum Gasteiger partial charge on any atom is 0.307 e. The zero-order chi connectivity index (χ0) is 12.6. The van der Waals surface area contributed by atoms with E-state index in [9.17, 15) is 4.79 Å². The van der Waals surface area contributed by atoms with Crippen molar-refractivity contribution in [1.29, 1.82) is 0 Å². The van der Waals surface area contributed by atoms with Crippen molar-refractivity contribution >= 4 is 5.97 Å². The van der Waals surface area contributed by atoms with E-state index in [4.69, 9.17) is 5.11 Å². The van der Waals surface area contributed by atoms with Crippen LogP contribution in [0.1, 0.15) is 46.5 Å². The fraction of sp³-hybridized carbons (Fsp3) is 0.929. The summed E-state index contributed by atoms with van der Waals surface area (Å²) in [5.41, 5.74) is 0.420. The average Bonchev–Trinajstić information content (AvgIpc) is 2.62. The fourth-order valence-corrected chi connectivity index (χ4v) is 3.89. The predicted octanol–water partition coefficient (Wildman–Crippen LogP) is 2.61. The van der Waals surface area contributed by atoms with Gasteiger partial charge in [-0.05, 0) is 43.6 Å². The summed E-state index contributed by atoms with van der Waals surface area (Å²) in [6.07, 6.45) is 4.61. The van der Waals surface area contributed by atoms with Crippen LogP contribution in [-0.4, -0.2) is 35.1 Å². The number of carboxylic acids is 1. The topological polar surface area (TPSA) is 40.5 Å². The van der Waals surface area contributed by atoms with E-state index in [1.165, 1.54) is 19.3 Å². The van der Waals surface area contributed by atoms with Crippen LogP contribution in [0.4, 0.5) is 0 Å². The Balaban J connectivity index is 1.97. The molecule has 0 aromatic rings. The quantitative estimate of drug-likeness (QED) is 0.805. The molecule has 0 amide bonds. The molecule has 2 aliphatic rings. The third-order valence-corrected chi connectivity index (χ3v) is 4.45. The predicted molar refractivity (Wildman–Crippen MR) is 67.9 cm³/mol. The molecule has 3 atom stereocenters. The molecular formula is C14H25NO2. The van der Waals surface area contributed by atoms with Crippen molar-refractivity contribution in [1.82, 2.24) is 4.90 Å². The Hall–Kier alpha value is -0.570. The van der Waals surface area contributed by atoms with Crippen LogP contribution in [0.2, 0.25) is 0 Å². The average molecular weight is 239 g/mol. The van der Waals surface area contributed by atoms with E-state index >= 15 is 0 Å². The molecule has 1 saturated carbocycles. The summed E-state index contributed by atoms with van der Waals surface area (Å²) in [6, 6.07) is 0.609. The molecule has 3 heteroatoms. The number of rotatable bonds is 2. The standard InChI is InChI=1S/C14H25NO2/c1-10-6-12(8-14(2,3)7-10)15-5-4-11(9-15)13(16)17/h10-12H,4-9H2,1-3H3,(H,16,17)/t10-,11-,12-/m1/s1. The highest BCUT2D eigenvalue weighted by atomic mass is 16.4. The number of likely N-dealkylation sites (tertiary alicyclic amines) is 1. The maximum atomic E-state index is 11.0. The van der Waals surface area contributed by atoms with Gasteiger partial charge in [0.05, 0.1) is 5.92 Å². The van der Waals surface area contributed by atoms with Crippen LogP contribution >= 0.6 is 0 Å². The second-order valence-corrected chi connectivity index (χ2v) is 6.89. The molecule has 1 saturated heterocycles. The molecule has 2 rings (SSSR count). The van der Waals surface area contributed by atoms with E-state index < -0.39 is 5.97 Å². The summed E-state index contributed by atoms with van der Waals surface area (Å²) in [7, 11) is 0. The maximum absolute atomic E-state index is 11.0. The number of carboxylic acid groups (broad SMARTS) is 1. The number of hydrogen-bond acceptors (Lipinski definition) is 2. The second kappa shape index (κ2) is 4.60. The Kier molecular flexibility index (Phi) is 3.48. The molecule has 0 radical (unpaired) electrons. The van der Waals surface area contributed by atoms with Gasteiger partial charge in [0.15, 0.2) is 0 Å². The summed E-state index contributed by atoms with van der Waals surface area (Å²) < 4.78 is 0. The van der Waals surface area contributed by atoms with Crippen LogP contribution in [0, 0.1) is 17.3 Å². The largest absolute Gasteiger partial charge is 0.481 e. The number of hydrogen-bond donors (Lipinski definition) is 1. The van der Waals surface area contributed by atoms with Gasteiger partial charge in [0.1, 0.15) is 0 Å². The van der Waals surface area contributed by atoms with E-state index in [-0.39, 0.29) is 5.92 Å². The summed E-state index contributed by atoms with van der Waals surface area (Å²) in [4.78, 5) is 13.4. The number of carbonyl (C=O) groups is 1. The lowest BCUT2D eigenvalue weighted by Crippen LogP contribution is -2.42. The zero-order valence-corrected chi connectivity index (χ0v) is 11.3. The Morgan fingerprint density at radius 3 is 2.59 bits per heavy atom. The van der Waals surface area contributed by atoms with Gasteiger partial charge in [0, 0.05) is 12.6 Å². The summed E-state index contributed by atoms with van der Waals surface area (Å²) in [5, 5.41) is 9.06. The van der Waals surface area contributed by atoms with E-state index in [0.29, 0.717) is 11.5 Å². The van der Waals surface area contributed by atoms with Gasteiger partial charge in [-0.15, -0.1) is 0 Å². The van der Waals surface area contributed by atoms with Gasteiger partial charge in [-0.25, -0.2) is 0 Å². The third kappa shape index (κ3) is 3.01. The normalized spacial score (nSPS) is 38.2. The van der Waals surface area contributed by atoms with Gasteiger partial charge in [0.25, 0.3) is 0 Å². The molecule has 0 unspecified atom stereocenters. The van der Waals surface area contributed by atoms with E-state index in [1.807, 2.05) is 0 Å². The molecule has 2 fully saturated rings. The summed E-state index contributed by atoms with van der Waals surface area (Å²) in [6.45, 7) is 8.77. The first-order chi connectivity index (χ1) is 7.87. The highest BCUT2D eigenvalue weighted by Gasteiger charge is 2.38. The number of aliphatic carboxylic acids is 1. The highest BCUT2D eigenvalue weighted by Crippen LogP contribution is 2.41. The van der Waals surface area contributed by atoms with Crippen LogP contribution in [0.25, 0.3) is 0 Å². The van der Waals surface area contributed by atoms with Crippen molar-refractivity contribution in [2.24, 2.45) is 17.3 Å². The van der Waals surface area contributed by atoms with Gasteiger partial charge in [-0.1, -0.05) is 20.8 Å². The second-order valence-electron chi connectivity index (χ2n) is 6.89. The molecule has 1 heterocycles. The first kappa shape index (κ1) is 12.9. The van der Waals surface area contributed by atoms with Crippen LogP contribution in [-0.2, 0) is 4.79 Å². The molecule has 1 aliphatic carbocycles. The van der Waals surface area contributed by atoms with Crippen LogP contribution in [0.3, 0.4) is 0 Å². The molecule has 3 nitrogen and oxygen atoms in total. The first-order valence-corrected chi connectivity index (χ1v) is 6.84. The molecule has 0 aromatic carbocycles. The molecule has 1 aliphatic heterocycles. The van der Waals surface area contributed by atoms with E-state index in [1.54, 1.807) is 0 Å². The lowest BCUT2D eigenvalue weighted by molar-refractivity contribution is -0.141. The summed E-state index contributed by atoms with van der Waals surface area (Å²) >= 11 is 0. The van der Waals surface area contributed by atoms with E-state index in [0.717, 1.165) is 25.4 Å². The van der Waals surface area contributed by atoms with Gasteiger partial charge in [-0.2, -0.15) is 0 Å². The molecular weight excluding hydrogens is 214 g/mol. The molecule has 1 N–H and O–H groups in total. The fourth-order valence-electron chi connectivity index (χ4n) is 3.89. The Morgan fingerprint density at radius 2 is 2.06 bits per heavy atom. The SMILES string of the molecule is C[C@@H]1C[C@@H](N2CC[C@@H](C(=O)O)C2)CC(C)(C)C1. The van der Waals surface area contributed by atoms with E-state index in [2.05, 4.69) is 25.7 Å². The highest BCUT2D eigenvalue weighted by molar-refractivity contribution is 5.70.